The summed E-state index contributed by atoms with van der Waals surface area (Å²) >= 11 is 0. The van der Waals surface area contributed by atoms with Crippen molar-refractivity contribution in [1.82, 2.24) is 4.90 Å². The van der Waals surface area contributed by atoms with Crippen LogP contribution < -0.4 is 14.2 Å². The second kappa shape index (κ2) is 12.8. The summed E-state index contributed by atoms with van der Waals surface area (Å²) in [4.78, 5) is 2.34. The van der Waals surface area contributed by atoms with Crippen LogP contribution in [0.25, 0.3) is 0 Å². The summed E-state index contributed by atoms with van der Waals surface area (Å²) in [5.41, 5.74) is 2.78. The standard InChI is InChI=1S/C29H40N2O4/c1-6-33-26-16-25(17-27(18-26)34-7-2)29(20-30,22(3)4)12-8-13-31(5)14-11-23-9-10-28-24(15-23)19-32-21-35-28/h9-10,15-18,22H,6-8,11-14,19,21H2,1-5H3. The first kappa shape index (κ1) is 26.8. The molecule has 0 aromatic heterocycles. The number of rotatable bonds is 13. The van der Waals surface area contributed by atoms with E-state index >= 15 is 0 Å². The van der Waals surface area contributed by atoms with E-state index in [1.807, 2.05) is 38.1 Å². The van der Waals surface area contributed by atoms with Crippen molar-refractivity contribution in [2.75, 3.05) is 40.1 Å². The van der Waals surface area contributed by atoms with Gasteiger partial charge in [0.2, 0.25) is 0 Å². The van der Waals surface area contributed by atoms with Crippen LogP contribution in [0.4, 0.5) is 0 Å². The van der Waals surface area contributed by atoms with E-state index in [4.69, 9.17) is 18.9 Å². The quantitative estimate of drug-likeness (QED) is 0.365. The van der Waals surface area contributed by atoms with E-state index in [1.165, 1.54) is 5.56 Å². The minimum absolute atomic E-state index is 0.157. The molecule has 6 heteroatoms. The fourth-order valence-corrected chi connectivity index (χ4v) is 4.70. The lowest BCUT2D eigenvalue weighted by atomic mass is 9.69. The van der Waals surface area contributed by atoms with Gasteiger partial charge in [-0.3, -0.25) is 0 Å². The number of likely N-dealkylation sites (N-methyl/N-ethyl adjacent to an activating group) is 1. The second-order valence-electron chi connectivity index (χ2n) is 9.51. The van der Waals surface area contributed by atoms with Gasteiger partial charge in [0.25, 0.3) is 0 Å². The maximum Gasteiger partial charge on any atom is 0.189 e. The molecule has 0 bridgehead atoms. The normalized spacial score (nSPS) is 14.7. The van der Waals surface area contributed by atoms with Crippen molar-refractivity contribution in [2.45, 2.75) is 59.0 Å². The molecule has 1 aliphatic rings. The SMILES string of the molecule is CCOc1cc(OCC)cc(C(C#N)(CCCN(C)CCc2ccc3c(c2)COCO3)C(C)C)c1. The molecule has 0 aliphatic carbocycles. The number of ether oxygens (including phenoxy) is 4. The van der Waals surface area contributed by atoms with Crippen LogP contribution >= 0.6 is 0 Å². The van der Waals surface area contributed by atoms with Crippen LogP contribution in [0.3, 0.4) is 0 Å². The summed E-state index contributed by atoms with van der Waals surface area (Å²) in [5.74, 6) is 2.60. The van der Waals surface area contributed by atoms with Crippen LogP contribution in [-0.4, -0.2) is 45.0 Å². The van der Waals surface area contributed by atoms with Gasteiger partial charge in [-0.1, -0.05) is 19.9 Å². The summed E-state index contributed by atoms with van der Waals surface area (Å²) in [5, 5.41) is 10.4. The third kappa shape index (κ3) is 6.90. The lowest BCUT2D eigenvalue weighted by Gasteiger charge is -2.32. The summed E-state index contributed by atoms with van der Waals surface area (Å²) in [6, 6.07) is 15.0. The number of fused-ring (bicyclic) bond motifs is 1. The van der Waals surface area contributed by atoms with Gasteiger partial charge in [-0.15, -0.1) is 0 Å². The Kier molecular flexibility index (Phi) is 9.83. The molecule has 190 valence electrons. The minimum atomic E-state index is -0.599. The Labute approximate surface area is 210 Å². The predicted molar refractivity (Wildman–Crippen MR) is 138 cm³/mol. The van der Waals surface area contributed by atoms with Crippen molar-refractivity contribution in [2.24, 2.45) is 5.92 Å². The molecule has 0 fully saturated rings. The van der Waals surface area contributed by atoms with Gasteiger partial charge in [-0.05, 0) is 88.0 Å². The molecule has 0 N–H and O–H groups in total. The fraction of sp³-hybridized carbons (Fsp3) is 0.552. The monoisotopic (exact) mass is 480 g/mol. The van der Waals surface area contributed by atoms with Crippen LogP contribution in [0.5, 0.6) is 17.2 Å². The van der Waals surface area contributed by atoms with Crippen molar-refractivity contribution in [3.63, 3.8) is 0 Å². The van der Waals surface area contributed by atoms with Gasteiger partial charge in [0.1, 0.15) is 17.2 Å². The molecule has 35 heavy (non-hydrogen) atoms. The number of nitriles is 1. The number of hydrogen-bond donors (Lipinski definition) is 0. The molecule has 6 nitrogen and oxygen atoms in total. The highest BCUT2D eigenvalue weighted by atomic mass is 16.7. The lowest BCUT2D eigenvalue weighted by molar-refractivity contribution is -0.0164. The van der Waals surface area contributed by atoms with Crippen molar-refractivity contribution >= 4 is 0 Å². The summed E-state index contributed by atoms with van der Waals surface area (Å²) in [7, 11) is 2.15. The van der Waals surface area contributed by atoms with Gasteiger partial charge >= 0.3 is 0 Å². The van der Waals surface area contributed by atoms with E-state index in [2.05, 4.69) is 44.0 Å². The zero-order valence-electron chi connectivity index (χ0n) is 21.9. The highest BCUT2D eigenvalue weighted by Gasteiger charge is 2.36. The van der Waals surface area contributed by atoms with E-state index in [9.17, 15) is 5.26 Å². The molecule has 2 aromatic rings. The Bertz CT molecular complexity index is 976. The lowest BCUT2D eigenvalue weighted by Crippen LogP contribution is -2.32. The van der Waals surface area contributed by atoms with Crippen LogP contribution in [-0.2, 0) is 23.2 Å². The van der Waals surface area contributed by atoms with Gasteiger partial charge in [0.05, 0.1) is 31.3 Å². The molecule has 1 atom stereocenters. The topological polar surface area (TPSA) is 64.0 Å². The highest BCUT2D eigenvalue weighted by Crippen LogP contribution is 2.40. The maximum absolute atomic E-state index is 10.4. The third-order valence-corrected chi connectivity index (χ3v) is 6.78. The zero-order chi connectivity index (χ0) is 25.3. The Morgan fingerprint density at radius 1 is 1.06 bits per heavy atom. The first-order valence-corrected chi connectivity index (χ1v) is 12.7. The molecule has 0 saturated heterocycles. The van der Waals surface area contributed by atoms with E-state index in [-0.39, 0.29) is 5.92 Å². The highest BCUT2D eigenvalue weighted by molar-refractivity contribution is 5.45. The molecule has 1 unspecified atom stereocenters. The van der Waals surface area contributed by atoms with Crippen LogP contribution in [0.1, 0.15) is 57.2 Å². The average molecular weight is 481 g/mol. The number of benzene rings is 2. The zero-order valence-corrected chi connectivity index (χ0v) is 21.9. The Balaban J connectivity index is 1.63. The van der Waals surface area contributed by atoms with Gasteiger partial charge < -0.3 is 23.8 Å². The van der Waals surface area contributed by atoms with Crippen LogP contribution in [0.2, 0.25) is 0 Å². The molecule has 0 spiro atoms. The Morgan fingerprint density at radius 3 is 2.40 bits per heavy atom. The van der Waals surface area contributed by atoms with Crippen molar-refractivity contribution < 1.29 is 18.9 Å². The van der Waals surface area contributed by atoms with Crippen molar-refractivity contribution in [3.05, 3.63) is 53.1 Å². The smallest absolute Gasteiger partial charge is 0.189 e. The number of hydrogen-bond acceptors (Lipinski definition) is 6. The van der Waals surface area contributed by atoms with Gasteiger partial charge in [-0.25, -0.2) is 0 Å². The first-order valence-electron chi connectivity index (χ1n) is 12.7. The average Bonchev–Trinajstić information content (AvgIpc) is 2.85. The van der Waals surface area contributed by atoms with Gasteiger partial charge in [0, 0.05) is 18.2 Å². The summed E-state index contributed by atoms with van der Waals surface area (Å²) in [6.07, 6.45) is 2.67. The Hall–Kier alpha value is -2.75. The molecule has 0 radical (unpaired) electrons. The molecular weight excluding hydrogens is 440 g/mol. The summed E-state index contributed by atoms with van der Waals surface area (Å²) in [6.45, 7) is 12.2. The van der Waals surface area contributed by atoms with E-state index in [0.717, 1.165) is 60.7 Å². The van der Waals surface area contributed by atoms with Gasteiger partial charge in [0.15, 0.2) is 6.79 Å². The minimum Gasteiger partial charge on any atom is -0.494 e. The van der Waals surface area contributed by atoms with E-state index in [0.29, 0.717) is 26.6 Å². The van der Waals surface area contributed by atoms with Crippen molar-refractivity contribution in [1.29, 1.82) is 5.26 Å². The maximum atomic E-state index is 10.4. The predicted octanol–water partition coefficient (Wildman–Crippen LogP) is 5.72. The molecule has 0 amide bonds. The Morgan fingerprint density at radius 2 is 1.77 bits per heavy atom. The summed E-state index contributed by atoms with van der Waals surface area (Å²) < 4.78 is 22.5. The second-order valence-corrected chi connectivity index (χ2v) is 9.51. The molecule has 0 saturated carbocycles. The van der Waals surface area contributed by atoms with Crippen LogP contribution in [0, 0.1) is 17.2 Å². The molecule has 2 aromatic carbocycles. The molecule has 1 aliphatic heterocycles. The van der Waals surface area contributed by atoms with Crippen molar-refractivity contribution in [3.8, 4) is 23.3 Å². The molecule has 3 rings (SSSR count). The van der Waals surface area contributed by atoms with Crippen LogP contribution in [0.15, 0.2) is 36.4 Å². The molecular formula is C29H40N2O4. The molecule has 1 heterocycles. The number of nitrogens with zero attached hydrogens (tertiary/aromatic N) is 2. The third-order valence-electron chi connectivity index (χ3n) is 6.78. The first-order chi connectivity index (χ1) is 16.9. The largest absolute Gasteiger partial charge is 0.494 e. The van der Waals surface area contributed by atoms with Gasteiger partial charge in [-0.2, -0.15) is 5.26 Å². The fourth-order valence-electron chi connectivity index (χ4n) is 4.70. The van der Waals surface area contributed by atoms with E-state index < -0.39 is 5.41 Å². The van der Waals surface area contributed by atoms with E-state index in [1.54, 1.807) is 0 Å².